The van der Waals surface area contributed by atoms with Gasteiger partial charge in [-0.3, -0.25) is 9.59 Å². The lowest BCUT2D eigenvalue weighted by Gasteiger charge is -2.11. The van der Waals surface area contributed by atoms with Gasteiger partial charge in [-0.25, -0.2) is 0 Å². The van der Waals surface area contributed by atoms with E-state index in [2.05, 4.69) is 0 Å². The molecule has 0 aliphatic rings. The average Bonchev–Trinajstić information content (AvgIpc) is 2.74. The molecule has 0 atom stereocenters. The smallest absolute Gasteiger partial charge is 0.235 e. The number of rotatable bonds is 5. The molecule has 0 amide bonds. The third-order valence-corrected chi connectivity index (χ3v) is 4.85. The van der Waals surface area contributed by atoms with Crippen molar-refractivity contribution in [1.29, 1.82) is 0 Å². The number of hydrogen-bond acceptors (Lipinski definition) is 4. The van der Waals surface area contributed by atoms with Crippen LogP contribution in [0.25, 0.3) is 22.3 Å². The summed E-state index contributed by atoms with van der Waals surface area (Å²) in [6, 6.07) is 20.4. The fourth-order valence-electron chi connectivity index (χ4n) is 2.92. The van der Waals surface area contributed by atoms with Crippen molar-refractivity contribution in [2.45, 2.75) is 0 Å². The lowest BCUT2D eigenvalue weighted by atomic mass is 10.1. The maximum Gasteiger partial charge on any atom is 0.235 e. The Morgan fingerprint density at radius 1 is 0.897 bits per heavy atom. The summed E-state index contributed by atoms with van der Waals surface area (Å²) in [5, 5.41) is 1.22. The molecule has 4 nitrogen and oxygen atoms in total. The summed E-state index contributed by atoms with van der Waals surface area (Å²) in [6.45, 7) is -0.321. The Balaban J connectivity index is 1.77. The molecule has 0 radical (unpaired) electrons. The first-order valence-electron chi connectivity index (χ1n) is 8.76. The van der Waals surface area contributed by atoms with Crippen LogP contribution in [-0.2, 0) is 0 Å². The molecule has 0 saturated heterocycles. The zero-order valence-corrected chi connectivity index (χ0v) is 16.5. The van der Waals surface area contributed by atoms with Crippen LogP contribution in [0.4, 0.5) is 0 Å². The zero-order chi connectivity index (χ0) is 20.4. The molecular weight excluding hydrogens is 411 g/mol. The summed E-state index contributed by atoms with van der Waals surface area (Å²) in [6.07, 6.45) is 0. The second kappa shape index (κ2) is 8.11. The summed E-state index contributed by atoms with van der Waals surface area (Å²) >= 11 is 11.9. The van der Waals surface area contributed by atoms with Crippen LogP contribution >= 0.6 is 23.2 Å². The van der Waals surface area contributed by atoms with Gasteiger partial charge in [-0.1, -0.05) is 53.5 Å². The van der Waals surface area contributed by atoms with Gasteiger partial charge in [-0.2, -0.15) is 0 Å². The van der Waals surface area contributed by atoms with Gasteiger partial charge in [0, 0.05) is 21.2 Å². The topological polar surface area (TPSA) is 56.5 Å². The van der Waals surface area contributed by atoms with E-state index in [1.165, 1.54) is 6.07 Å². The van der Waals surface area contributed by atoms with Crippen molar-refractivity contribution in [2.24, 2.45) is 0 Å². The maximum atomic E-state index is 13.1. The predicted octanol–water partition coefficient (Wildman–Crippen LogP) is 6.03. The number of fused-ring (bicyclic) bond motifs is 1. The summed E-state index contributed by atoms with van der Waals surface area (Å²) < 4.78 is 11.6. The van der Waals surface area contributed by atoms with E-state index in [0.717, 1.165) is 0 Å². The molecule has 4 rings (SSSR count). The number of carbonyl (C=O) groups is 1. The van der Waals surface area contributed by atoms with E-state index in [0.29, 0.717) is 26.8 Å². The van der Waals surface area contributed by atoms with Crippen LogP contribution in [0.5, 0.6) is 5.75 Å². The quantitative estimate of drug-likeness (QED) is 0.367. The number of halogens is 2. The molecule has 1 aromatic heterocycles. The fourth-order valence-corrected chi connectivity index (χ4v) is 3.22. The number of benzene rings is 3. The molecular formula is C23H14Cl2O4. The van der Waals surface area contributed by atoms with Crippen LogP contribution in [-0.4, -0.2) is 12.4 Å². The second-order valence-electron chi connectivity index (χ2n) is 6.31. The van der Waals surface area contributed by atoms with Gasteiger partial charge in [-0.15, -0.1) is 0 Å². The van der Waals surface area contributed by atoms with Gasteiger partial charge >= 0.3 is 0 Å². The normalized spacial score (nSPS) is 10.8. The molecule has 4 aromatic rings. The van der Waals surface area contributed by atoms with E-state index in [1.54, 1.807) is 48.5 Å². The summed E-state index contributed by atoms with van der Waals surface area (Å²) in [5.74, 6) is -0.0612. The number of carbonyl (C=O) groups excluding carboxylic acids is 1. The van der Waals surface area contributed by atoms with Crippen LogP contribution < -0.4 is 10.2 Å². The Morgan fingerprint density at radius 2 is 1.59 bits per heavy atom. The second-order valence-corrected chi connectivity index (χ2v) is 7.19. The Kier molecular flexibility index (Phi) is 5.38. The van der Waals surface area contributed by atoms with E-state index in [1.807, 2.05) is 18.2 Å². The van der Waals surface area contributed by atoms with E-state index in [4.69, 9.17) is 32.4 Å². The number of ether oxygens (including phenoxy) is 1. The van der Waals surface area contributed by atoms with E-state index in [9.17, 15) is 9.59 Å². The first kappa shape index (κ1) is 19.2. The summed E-state index contributed by atoms with van der Waals surface area (Å²) in [4.78, 5) is 25.6. The van der Waals surface area contributed by atoms with Gasteiger partial charge in [0.15, 0.2) is 18.2 Å². The van der Waals surface area contributed by atoms with Crippen molar-refractivity contribution in [3.05, 3.63) is 98.6 Å². The van der Waals surface area contributed by atoms with Crippen LogP contribution in [0.15, 0.2) is 82.0 Å². The van der Waals surface area contributed by atoms with Gasteiger partial charge in [-0.05, 0) is 42.5 Å². The Bertz CT molecular complexity index is 1250. The molecule has 0 bridgehead atoms. The molecule has 0 saturated carbocycles. The van der Waals surface area contributed by atoms with Gasteiger partial charge in [0.1, 0.15) is 5.58 Å². The minimum atomic E-state index is -0.392. The monoisotopic (exact) mass is 424 g/mol. The third kappa shape index (κ3) is 4.04. The highest BCUT2D eigenvalue weighted by atomic mass is 35.5. The van der Waals surface area contributed by atoms with Crippen molar-refractivity contribution < 1.29 is 13.9 Å². The molecule has 1 heterocycles. The molecule has 0 spiro atoms. The molecule has 0 aliphatic heterocycles. The number of ketones is 1. The largest absolute Gasteiger partial charge is 0.478 e. The van der Waals surface area contributed by atoms with Crippen molar-refractivity contribution in [3.63, 3.8) is 0 Å². The van der Waals surface area contributed by atoms with E-state index < -0.39 is 5.43 Å². The lowest BCUT2D eigenvalue weighted by molar-refractivity contribution is 0.0920. The fraction of sp³-hybridized carbons (Fsp3) is 0.0435. The molecule has 29 heavy (non-hydrogen) atoms. The number of hydrogen-bond donors (Lipinski definition) is 0. The SMILES string of the molecule is O=C(COc1c(-c2ccccc2)oc2ccc(Cl)cc2c1=O)c1ccc(Cl)cc1. The highest BCUT2D eigenvalue weighted by Gasteiger charge is 2.19. The molecule has 0 fully saturated rings. The Morgan fingerprint density at radius 3 is 2.31 bits per heavy atom. The zero-order valence-electron chi connectivity index (χ0n) is 15.0. The lowest BCUT2D eigenvalue weighted by Crippen LogP contribution is -2.17. The van der Waals surface area contributed by atoms with Crippen molar-refractivity contribution >= 4 is 40.0 Å². The summed E-state index contributed by atoms with van der Waals surface area (Å²) in [5.41, 5.74) is 1.09. The van der Waals surface area contributed by atoms with Crippen molar-refractivity contribution in [2.75, 3.05) is 6.61 Å². The average molecular weight is 425 g/mol. The molecule has 144 valence electrons. The first-order valence-corrected chi connectivity index (χ1v) is 9.52. The van der Waals surface area contributed by atoms with Gasteiger partial charge in [0.05, 0.1) is 5.39 Å². The third-order valence-electron chi connectivity index (χ3n) is 4.36. The van der Waals surface area contributed by atoms with Crippen LogP contribution in [0.3, 0.4) is 0 Å². The minimum absolute atomic E-state index is 0.0340. The molecule has 6 heteroatoms. The van der Waals surface area contributed by atoms with Crippen LogP contribution in [0, 0.1) is 0 Å². The highest BCUT2D eigenvalue weighted by Crippen LogP contribution is 2.31. The minimum Gasteiger partial charge on any atom is -0.478 e. The van der Waals surface area contributed by atoms with Crippen molar-refractivity contribution in [3.8, 4) is 17.1 Å². The Hall–Kier alpha value is -3.08. The standard InChI is InChI=1S/C23H14Cl2O4/c24-16-8-6-14(7-9-16)19(26)13-28-23-21(27)18-12-17(25)10-11-20(18)29-22(23)15-4-2-1-3-5-15/h1-12H,13H2. The molecule has 3 aromatic carbocycles. The molecule has 0 N–H and O–H groups in total. The van der Waals surface area contributed by atoms with Crippen LogP contribution in [0.1, 0.15) is 10.4 Å². The van der Waals surface area contributed by atoms with E-state index in [-0.39, 0.29) is 29.3 Å². The molecule has 0 aliphatic carbocycles. The predicted molar refractivity (Wildman–Crippen MR) is 114 cm³/mol. The van der Waals surface area contributed by atoms with Gasteiger partial charge < -0.3 is 9.15 Å². The maximum absolute atomic E-state index is 13.1. The first-order chi connectivity index (χ1) is 14.0. The number of Topliss-reactive ketones (excluding diaryl/α,β-unsaturated/α-hetero) is 1. The van der Waals surface area contributed by atoms with Crippen LogP contribution in [0.2, 0.25) is 10.0 Å². The van der Waals surface area contributed by atoms with E-state index >= 15 is 0 Å². The Labute approximate surface area is 176 Å². The summed E-state index contributed by atoms with van der Waals surface area (Å²) in [7, 11) is 0. The highest BCUT2D eigenvalue weighted by molar-refractivity contribution is 6.31. The van der Waals surface area contributed by atoms with Gasteiger partial charge in [0.25, 0.3) is 0 Å². The van der Waals surface area contributed by atoms with Gasteiger partial charge in [0.2, 0.25) is 11.2 Å². The molecule has 0 unspecified atom stereocenters. The van der Waals surface area contributed by atoms with Crippen molar-refractivity contribution in [1.82, 2.24) is 0 Å².